The summed E-state index contributed by atoms with van der Waals surface area (Å²) in [6, 6.07) is 1.38. The van der Waals surface area contributed by atoms with E-state index in [1.807, 2.05) is 0 Å². The van der Waals surface area contributed by atoms with Crippen LogP contribution in [0.25, 0.3) is 0 Å². The van der Waals surface area contributed by atoms with Gasteiger partial charge in [0.15, 0.2) is 0 Å². The van der Waals surface area contributed by atoms with Crippen molar-refractivity contribution in [2.24, 2.45) is 0 Å². The van der Waals surface area contributed by atoms with E-state index in [1.165, 1.54) is 38.6 Å². The van der Waals surface area contributed by atoms with Gasteiger partial charge in [-0.05, 0) is 32.6 Å². The molecule has 0 saturated carbocycles. The zero-order valence-corrected chi connectivity index (χ0v) is 12.4. The molecule has 2 aliphatic heterocycles. The third kappa shape index (κ3) is 3.46. The molecule has 0 bridgehead atoms. The van der Waals surface area contributed by atoms with Crippen LogP contribution in [-0.2, 0) is 4.74 Å². The van der Waals surface area contributed by atoms with E-state index in [2.05, 4.69) is 31.0 Å². The second-order valence-electron chi connectivity index (χ2n) is 6.29. The first-order chi connectivity index (χ1) is 8.67. The quantitative estimate of drug-likeness (QED) is 0.815. The van der Waals surface area contributed by atoms with Gasteiger partial charge in [-0.1, -0.05) is 20.3 Å². The summed E-state index contributed by atoms with van der Waals surface area (Å²) in [6.45, 7) is 11.3. The van der Waals surface area contributed by atoms with Crippen molar-refractivity contribution in [3.63, 3.8) is 0 Å². The lowest BCUT2D eigenvalue weighted by molar-refractivity contribution is -0.0286. The molecule has 3 nitrogen and oxygen atoms in total. The van der Waals surface area contributed by atoms with Gasteiger partial charge in [0, 0.05) is 38.3 Å². The lowest BCUT2D eigenvalue weighted by Crippen LogP contribution is -2.59. The molecule has 0 amide bonds. The fourth-order valence-corrected chi connectivity index (χ4v) is 3.46. The monoisotopic (exact) mass is 254 g/mol. The molecule has 3 heteroatoms. The van der Waals surface area contributed by atoms with Gasteiger partial charge in [-0.15, -0.1) is 0 Å². The van der Waals surface area contributed by atoms with Crippen LogP contribution in [0.15, 0.2) is 0 Å². The minimum Gasteiger partial charge on any atom is -0.374 e. The van der Waals surface area contributed by atoms with Gasteiger partial charge in [0.1, 0.15) is 0 Å². The SMILES string of the molecule is CCCC1CN(CC2(C)CCCO2)C(CC)CN1. The summed E-state index contributed by atoms with van der Waals surface area (Å²) >= 11 is 0. The zero-order chi connectivity index (χ0) is 13.0. The van der Waals surface area contributed by atoms with Crippen molar-refractivity contribution in [1.29, 1.82) is 0 Å². The molecule has 18 heavy (non-hydrogen) atoms. The molecule has 1 N–H and O–H groups in total. The highest BCUT2D eigenvalue weighted by Crippen LogP contribution is 2.28. The zero-order valence-electron chi connectivity index (χ0n) is 12.4. The molecule has 2 rings (SSSR count). The number of hydrogen-bond acceptors (Lipinski definition) is 3. The Hall–Kier alpha value is -0.120. The Labute approximate surface area is 112 Å². The van der Waals surface area contributed by atoms with Crippen LogP contribution in [0.1, 0.15) is 52.9 Å². The first-order valence-electron chi connectivity index (χ1n) is 7.78. The largest absolute Gasteiger partial charge is 0.374 e. The van der Waals surface area contributed by atoms with Crippen molar-refractivity contribution in [3.8, 4) is 0 Å². The van der Waals surface area contributed by atoms with Crippen LogP contribution in [0.3, 0.4) is 0 Å². The number of hydrogen-bond donors (Lipinski definition) is 1. The van der Waals surface area contributed by atoms with Gasteiger partial charge in [-0.25, -0.2) is 0 Å². The molecule has 0 aromatic carbocycles. The Morgan fingerprint density at radius 1 is 1.39 bits per heavy atom. The first kappa shape index (κ1) is 14.3. The third-order valence-electron chi connectivity index (χ3n) is 4.56. The number of ether oxygens (including phenoxy) is 1. The summed E-state index contributed by atoms with van der Waals surface area (Å²) in [5.41, 5.74) is 0.113. The van der Waals surface area contributed by atoms with Crippen LogP contribution in [0, 0.1) is 0 Å². The summed E-state index contributed by atoms with van der Waals surface area (Å²) in [4.78, 5) is 2.68. The molecule has 0 radical (unpaired) electrons. The van der Waals surface area contributed by atoms with Gasteiger partial charge < -0.3 is 10.1 Å². The summed E-state index contributed by atoms with van der Waals surface area (Å²) in [5.74, 6) is 0. The van der Waals surface area contributed by atoms with Crippen molar-refractivity contribution in [2.75, 3.05) is 26.2 Å². The molecule has 0 aromatic rings. The molecule has 106 valence electrons. The van der Waals surface area contributed by atoms with Crippen LogP contribution in [0.2, 0.25) is 0 Å². The fraction of sp³-hybridized carbons (Fsp3) is 1.00. The fourth-order valence-electron chi connectivity index (χ4n) is 3.46. The van der Waals surface area contributed by atoms with Gasteiger partial charge in [-0.3, -0.25) is 4.90 Å². The maximum absolute atomic E-state index is 5.97. The first-order valence-corrected chi connectivity index (χ1v) is 7.78. The van der Waals surface area contributed by atoms with Gasteiger partial charge in [0.05, 0.1) is 5.60 Å². The molecule has 3 atom stereocenters. The summed E-state index contributed by atoms with van der Waals surface area (Å²) in [7, 11) is 0. The molecule has 2 saturated heterocycles. The van der Waals surface area contributed by atoms with E-state index in [1.54, 1.807) is 0 Å². The Balaban J connectivity index is 1.93. The van der Waals surface area contributed by atoms with E-state index >= 15 is 0 Å². The number of nitrogens with zero attached hydrogens (tertiary/aromatic N) is 1. The highest BCUT2D eigenvalue weighted by atomic mass is 16.5. The highest BCUT2D eigenvalue weighted by molar-refractivity contribution is 4.91. The molecule has 3 unspecified atom stereocenters. The van der Waals surface area contributed by atoms with Crippen molar-refractivity contribution in [1.82, 2.24) is 10.2 Å². The van der Waals surface area contributed by atoms with E-state index in [-0.39, 0.29) is 5.60 Å². The van der Waals surface area contributed by atoms with Crippen molar-refractivity contribution in [3.05, 3.63) is 0 Å². The number of piperazine rings is 1. The minimum absolute atomic E-state index is 0.113. The van der Waals surface area contributed by atoms with Crippen LogP contribution in [-0.4, -0.2) is 48.8 Å². The van der Waals surface area contributed by atoms with Crippen LogP contribution < -0.4 is 5.32 Å². The normalized spacial score (nSPS) is 38.2. The number of rotatable bonds is 5. The van der Waals surface area contributed by atoms with Crippen molar-refractivity contribution < 1.29 is 4.74 Å². The average molecular weight is 254 g/mol. The highest BCUT2D eigenvalue weighted by Gasteiger charge is 2.36. The van der Waals surface area contributed by atoms with E-state index < -0.39 is 0 Å². The second kappa shape index (κ2) is 6.36. The molecule has 0 spiro atoms. The van der Waals surface area contributed by atoms with E-state index in [0.717, 1.165) is 19.7 Å². The summed E-state index contributed by atoms with van der Waals surface area (Å²) in [6.07, 6.45) is 6.27. The Morgan fingerprint density at radius 2 is 2.22 bits per heavy atom. The van der Waals surface area contributed by atoms with Crippen LogP contribution in [0.4, 0.5) is 0 Å². The third-order valence-corrected chi connectivity index (χ3v) is 4.56. The van der Waals surface area contributed by atoms with E-state index in [9.17, 15) is 0 Å². The van der Waals surface area contributed by atoms with Crippen LogP contribution >= 0.6 is 0 Å². The smallest absolute Gasteiger partial charge is 0.0781 e. The average Bonchev–Trinajstić information content (AvgIpc) is 2.77. The Morgan fingerprint density at radius 3 is 2.83 bits per heavy atom. The predicted molar refractivity (Wildman–Crippen MR) is 75.9 cm³/mol. The lowest BCUT2D eigenvalue weighted by atomic mass is 9.97. The lowest BCUT2D eigenvalue weighted by Gasteiger charge is -2.43. The second-order valence-corrected chi connectivity index (χ2v) is 6.29. The maximum Gasteiger partial charge on any atom is 0.0781 e. The number of nitrogens with one attached hydrogen (secondary N) is 1. The topological polar surface area (TPSA) is 24.5 Å². The van der Waals surface area contributed by atoms with Crippen LogP contribution in [0.5, 0.6) is 0 Å². The van der Waals surface area contributed by atoms with E-state index in [4.69, 9.17) is 4.74 Å². The van der Waals surface area contributed by atoms with Crippen molar-refractivity contribution >= 4 is 0 Å². The Kier molecular flexibility index (Phi) is 5.05. The summed E-state index contributed by atoms with van der Waals surface area (Å²) in [5, 5.41) is 3.71. The predicted octanol–water partition coefficient (Wildman–Crippen LogP) is 2.41. The van der Waals surface area contributed by atoms with Gasteiger partial charge >= 0.3 is 0 Å². The molecule has 2 aliphatic rings. The molecule has 2 fully saturated rings. The minimum atomic E-state index is 0.113. The molecule has 0 aliphatic carbocycles. The van der Waals surface area contributed by atoms with Gasteiger partial charge in [0.25, 0.3) is 0 Å². The molecule has 2 heterocycles. The van der Waals surface area contributed by atoms with Gasteiger partial charge in [0.2, 0.25) is 0 Å². The standard InChI is InChI=1S/C15H30N2O/c1-4-7-13-11-17(14(5-2)10-16-13)12-15(3)8-6-9-18-15/h13-14,16H,4-12H2,1-3H3. The molecular formula is C15H30N2O. The van der Waals surface area contributed by atoms with Crippen molar-refractivity contribution in [2.45, 2.75) is 70.6 Å². The molecular weight excluding hydrogens is 224 g/mol. The maximum atomic E-state index is 5.97. The summed E-state index contributed by atoms with van der Waals surface area (Å²) < 4.78 is 5.97. The molecule has 0 aromatic heterocycles. The Bertz CT molecular complexity index is 251. The van der Waals surface area contributed by atoms with E-state index in [0.29, 0.717) is 12.1 Å². The van der Waals surface area contributed by atoms with Gasteiger partial charge in [-0.2, -0.15) is 0 Å².